The van der Waals surface area contributed by atoms with Gasteiger partial charge in [0.2, 0.25) is 5.91 Å². The maximum absolute atomic E-state index is 12.0. The second-order valence-corrected chi connectivity index (χ2v) is 6.79. The molecule has 2 saturated carbocycles. The summed E-state index contributed by atoms with van der Waals surface area (Å²) in [6, 6.07) is 0. The molecule has 0 radical (unpaired) electrons. The number of ether oxygens (including phenoxy) is 1. The van der Waals surface area contributed by atoms with Crippen LogP contribution in [-0.2, 0) is 9.53 Å². The van der Waals surface area contributed by atoms with E-state index in [0.29, 0.717) is 12.5 Å². The summed E-state index contributed by atoms with van der Waals surface area (Å²) < 4.78 is 5.86. The lowest BCUT2D eigenvalue weighted by molar-refractivity contribution is -0.126. The van der Waals surface area contributed by atoms with Gasteiger partial charge in [-0.3, -0.25) is 4.79 Å². The third-order valence-corrected chi connectivity index (χ3v) is 5.08. The van der Waals surface area contributed by atoms with Crippen LogP contribution >= 0.6 is 0 Å². The highest BCUT2D eigenvalue weighted by Crippen LogP contribution is 2.32. The molecule has 1 atom stereocenters. The minimum absolute atomic E-state index is 0.0129. The van der Waals surface area contributed by atoms with Crippen molar-refractivity contribution in [1.29, 1.82) is 0 Å². The van der Waals surface area contributed by atoms with E-state index in [1.807, 2.05) is 6.92 Å². The normalized spacial score (nSPS) is 23.3. The van der Waals surface area contributed by atoms with Crippen LogP contribution in [0.1, 0.15) is 71.1 Å². The van der Waals surface area contributed by atoms with Gasteiger partial charge in [-0.05, 0) is 44.9 Å². The number of hydrogen-bond acceptors (Lipinski definition) is 3. The molecule has 4 nitrogen and oxygen atoms in total. The monoisotopic (exact) mass is 297 g/mol. The average Bonchev–Trinajstić information content (AvgIpc) is 3.09. The van der Waals surface area contributed by atoms with Gasteiger partial charge in [0.15, 0.2) is 0 Å². The fourth-order valence-electron chi connectivity index (χ4n) is 3.92. The van der Waals surface area contributed by atoms with Crippen LogP contribution in [0.25, 0.3) is 0 Å². The van der Waals surface area contributed by atoms with E-state index < -0.39 is 5.60 Å². The summed E-state index contributed by atoms with van der Waals surface area (Å²) in [5, 5.41) is 13.2. The first-order valence-electron chi connectivity index (χ1n) is 8.74. The highest BCUT2D eigenvalue weighted by atomic mass is 16.5. The Morgan fingerprint density at radius 2 is 1.95 bits per heavy atom. The molecule has 1 amide bonds. The zero-order valence-corrected chi connectivity index (χ0v) is 13.4. The minimum Gasteiger partial charge on any atom is -0.389 e. The van der Waals surface area contributed by atoms with Gasteiger partial charge in [-0.2, -0.15) is 0 Å². The molecule has 1 unspecified atom stereocenters. The van der Waals surface area contributed by atoms with Crippen LogP contribution in [0.2, 0.25) is 0 Å². The summed E-state index contributed by atoms with van der Waals surface area (Å²) in [5.74, 6) is 0.655. The molecule has 122 valence electrons. The Morgan fingerprint density at radius 1 is 1.29 bits per heavy atom. The van der Waals surface area contributed by atoms with E-state index in [0.717, 1.165) is 38.7 Å². The molecule has 0 aromatic carbocycles. The predicted molar refractivity (Wildman–Crippen MR) is 83.0 cm³/mol. The van der Waals surface area contributed by atoms with Gasteiger partial charge < -0.3 is 15.2 Å². The number of carbonyl (C=O) groups is 1. The second kappa shape index (κ2) is 8.14. The number of amides is 1. The maximum Gasteiger partial charge on any atom is 0.222 e. The van der Waals surface area contributed by atoms with Crippen LogP contribution in [-0.4, -0.2) is 35.9 Å². The molecular weight excluding hydrogens is 266 g/mol. The maximum atomic E-state index is 12.0. The van der Waals surface area contributed by atoms with Gasteiger partial charge in [0.05, 0.1) is 18.1 Å². The van der Waals surface area contributed by atoms with Crippen molar-refractivity contribution in [3.63, 3.8) is 0 Å². The van der Waals surface area contributed by atoms with Crippen LogP contribution in [0, 0.1) is 5.92 Å². The lowest BCUT2D eigenvalue weighted by Gasteiger charge is -2.24. The largest absolute Gasteiger partial charge is 0.389 e. The van der Waals surface area contributed by atoms with Crippen molar-refractivity contribution in [2.45, 2.75) is 82.8 Å². The van der Waals surface area contributed by atoms with Crippen LogP contribution in [0.4, 0.5) is 0 Å². The van der Waals surface area contributed by atoms with Gasteiger partial charge in [0.25, 0.3) is 0 Å². The van der Waals surface area contributed by atoms with Gasteiger partial charge >= 0.3 is 0 Å². The molecule has 2 fully saturated rings. The fourth-order valence-corrected chi connectivity index (χ4v) is 3.92. The Hall–Kier alpha value is -0.610. The first-order chi connectivity index (χ1) is 10.1. The first kappa shape index (κ1) is 16.8. The van der Waals surface area contributed by atoms with E-state index in [4.69, 9.17) is 4.74 Å². The van der Waals surface area contributed by atoms with Crippen molar-refractivity contribution in [3.05, 3.63) is 0 Å². The summed E-state index contributed by atoms with van der Waals surface area (Å²) in [5.41, 5.74) is -0.741. The second-order valence-electron chi connectivity index (χ2n) is 6.79. The SMILES string of the molecule is CCOC(CCNC(=O)CC1(O)CCCC1)C1CCCC1. The molecule has 0 aliphatic heterocycles. The smallest absolute Gasteiger partial charge is 0.222 e. The highest BCUT2D eigenvalue weighted by molar-refractivity contribution is 5.77. The van der Waals surface area contributed by atoms with E-state index in [2.05, 4.69) is 5.32 Å². The molecule has 21 heavy (non-hydrogen) atoms. The van der Waals surface area contributed by atoms with Crippen LogP contribution in [0.3, 0.4) is 0 Å². The Balaban J connectivity index is 1.67. The Morgan fingerprint density at radius 3 is 2.57 bits per heavy atom. The van der Waals surface area contributed by atoms with E-state index in [-0.39, 0.29) is 18.4 Å². The molecule has 0 bridgehead atoms. The zero-order chi connectivity index (χ0) is 15.1. The van der Waals surface area contributed by atoms with Crippen LogP contribution in [0.15, 0.2) is 0 Å². The molecule has 2 aliphatic rings. The van der Waals surface area contributed by atoms with Crippen molar-refractivity contribution in [1.82, 2.24) is 5.32 Å². The lowest BCUT2D eigenvalue weighted by atomic mass is 9.96. The molecule has 0 aromatic heterocycles. The summed E-state index contributed by atoms with van der Waals surface area (Å²) >= 11 is 0. The van der Waals surface area contributed by atoms with E-state index in [9.17, 15) is 9.90 Å². The van der Waals surface area contributed by atoms with Gasteiger partial charge in [-0.25, -0.2) is 0 Å². The van der Waals surface area contributed by atoms with Crippen molar-refractivity contribution < 1.29 is 14.6 Å². The first-order valence-corrected chi connectivity index (χ1v) is 8.74. The Labute approximate surface area is 128 Å². The molecule has 0 spiro atoms. The molecule has 0 aromatic rings. The minimum atomic E-state index is -0.741. The van der Waals surface area contributed by atoms with Crippen molar-refractivity contribution >= 4 is 5.91 Å². The molecule has 2 N–H and O–H groups in total. The summed E-state index contributed by atoms with van der Waals surface area (Å²) in [6.07, 6.45) is 10.2. The summed E-state index contributed by atoms with van der Waals surface area (Å²) in [7, 11) is 0. The molecule has 0 saturated heterocycles. The molecule has 2 rings (SSSR count). The van der Waals surface area contributed by atoms with Gasteiger partial charge in [-0.1, -0.05) is 25.7 Å². The quantitative estimate of drug-likeness (QED) is 0.724. The van der Waals surface area contributed by atoms with Crippen LogP contribution in [0.5, 0.6) is 0 Å². The fraction of sp³-hybridized carbons (Fsp3) is 0.941. The lowest BCUT2D eigenvalue weighted by Crippen LogP contribution is -2.36. The van der Waals surface area contributed by atoms with Gasteiger partial charge in [0, 0.05) is 13.2 Å². The Bertz CT molecular complexity index is 320. The summed E-state index contributed by atoms with van der Waals surface area (Å²) in [4.78, 5) is 12.0. The van der Waals surface area contributed by atoms with Crippen molar-refractivity contribution in [2.24, 2.45) is 5.92 Å². The number of carbonyl (C=O) groups excluding carboxylic acids is 1. The third-order valence-electron chi connectivity index (χ3n) is 5.08. The highest BCUT2D eigenvalue weighted by Gasteiger charge is 2.33. The zero-order valence-electron chi connectivity index (χ0n) is 13.4. The predicted octanol–water partition coefficient (Wildman–Crippen LogP) is 2.78. The number of hydrogen-bond donors (Lipinski definition) is 2. The molecular formula is C17H31NO3. The number of nitrogens with one attached hydrogen (secondary N) is 1. The van der Waals surface area contributed by atoms with E-state index >= 15 is 0 Å². The van der Waals surface area contributed by atoms with Crippen molar-refractivity contribution in [3.8, 4) is 0 Å². The van der Waals surface area contributed by atoms with Crippen molar-refractivity contribution in [2.75, 3.05) is 13.2 Å². The van der Waals surface area contributed by atoms with E-state index in [1.54, 1.807) is 0 Å². The van der Waals surface area contributed by atoms with Gasteiger partial charge in [-0.15, -0.1) is 0 Å². The molecule has 4 heteroatoms. The average molecular weight is 297 g/mol. The number of aliphatic hydroxyl groups is 1. The number of rotatable bonds is 8. The molecule has 0 heterocycles. The topological polar surface area (TPSA) is 58.6 Å². The summed E-state index contributed by atoms with van der Waals surface area (Å²) in [6.45, 7) is 3.45. The Kier molecular flexibility index (Phi) is 6.49. The van der Waals surface area contributed by atoms with Gasteiger partial charge in [0.1, 0.15) is 0 Å². The standard InChI is InChI=1S/C17H31NO3/c1-2-21-15(14-7-3-4-8-14)9-12-18-16(19)13-17(20)10-5-6-11-17/h14-15,20H,2-13H2,1H3,(H,18,19). The van der Waals surface area contributed by atoms with E-state index in [1.165, 1.54) is 25.7 Å². The van der Waals surface area contributed by atoms with Crippen LogP contribution < -0.4 is 5.32 Å². The molecule has 2 aliphatic carbocycles. The third kappa shape index (κ3) is 5.26.